The van der Waals surface area contributed by atoms with Crippen LogP contribution in [0.25, 0.3) is 11.5 Å². The highest BCUT2D eigenvalue weighted by atomic mass is 19.1. The zero-order valence-electron chi connectivity index (χ0n) is 9.98. The highest BCUT2D eigenvalue weighted by Crippen LogP contribution is 2.29. The molecule has 18 heavy (non-hydrogen) atoms. The fourth-order valence-corrected chi connectivity index (χ4v) is 2.08. The monoisotopic (exact) mass is 248 g/mol. The Morgan fingerprint density at radius 2 is 2.33 bits per heavy atom. The standard InChI is InChI=1S/C12H13FN4O/c1-12(4-5-14-7-12)11-16-10(17-18-11)9-3-2-8(13)6-15-9/h2-3,6,14H,4-5,7H2,1H3. The summed E-state index contributed by atoms with van der Waals surface area (Å²) < 4.78 is 18.1. The van der Waals surface area contributed by atoms with E-state index in [9.17, 15) is 4.39 Å². The van der Waals surface area contributed by atoms with Crippen molar-refractivity contribution in [3.8, 4) is 11.5 Å². The molecule has 0 aliphatic carbocycles. The summed E-state index contributed by atoms with van der Waals surface area (Å²) in [5, 5.41) is 7.18. The molecule has 3 rings (SSSR count). The molecule has 5 nitrogen and oxygen atoms in total. The van der Waals surface area contributed by atoms with Crippen LogP contribution in [0.2, 0.25) is 0 Å². The van der Waals surface area contributed by atoms with Crippen LogP contribution in [0.3, 0.4) is 0 Å². The van der Waals surface area contributed by atoms with E-state index in [0.717, 1.165) is 25.7 Å². The smallest absolute Gasteiger partial charge is 0.234 e. The van der Waals surface area contributed by atoms with Gasteiger partial charge in [0.2, 0.25) is 11.7 Å². The van der Waals surface area contributed by atoms with Gasteiger partial charge in [-0.15, -0.1) is 0 Å². The highest BCUT2D eigenvalue weighted by Gasteiger charge is 2.36. The van der Waals surface area contributed by atoms with Gasteiger partial charge in [0.15, 0.2) is 0 Å². The lowest BCUT2D eigenvalue weighted by atomic mass is 9.90. The second-order valence-electron chi connectivity index (χ2n) is 4.77. The van der Waals surface area contributed by atoms with Gasteiger partial charge in [-0.05, 0) is 32.0 Å². The molecule has 1 aliphatic heterocycles. The van der Waals surface area contributed by atoms with Crippen molar-refractivity contribution in [3.05, 3.63) is 30.0 Å². The lowest BCUT2D eigenvalue weighted by Crippen LogP contribution is -2.25. The van der Waals surface area contributed by atoms with E-state index in [4.69, 9.17) is 4.52 Å². The molecule has 1 N–H and O–H groups in total. The quantitative estimate of drug-likeness (QED) is 0.873. The van der Waals surface area contributed by atoms with E-state index in [-0.39, 0.29) is 11.2 Å². The molecule has 0 spiro atoms. The minimum absolute atomic E-state index is 0.120. The van der Waals surface area contributed by atoms with Crippen LogP contribution in [0.4, 0.5) is 4.39 Å². The highest BCUT2D eigenvalue weighted by molar-refractivity contribution is 5.47. The summed E-state index contributed by atoms with van der Waals surface area (Å²) in [6.07, 6.45) is 2.11. The summed E-state index contributed by atoms with van der Waals surface area (Å²) >= 11 is 0. The summed E-state index contributed by atoms with van der Waals surface area (Å²) in [5.74, 6) is 0.626. The molecule has 1 aliphatic rings. The Morgan fingerprint density at radius 1 is 1.44 bits per heavy atom. The van der Waals surface area contributed by atoms with E-state index in [1.807, 2.05) is 0 Å². The van der Waals surface area contributed by atoms with Crippen LogP contribution < -0.4 is 5.32 Å². The number of hydrogen-bond donors (Lipinski definition) is 1. The molecule has 0 bridgehead atoms. The van der Waals surface area contributed by atoms with E-state index in [0.29, 0.717) is 17.4 Å². The van der Waals surface area contributed by atoms with Crippen molar-refractivity contribution in [2.45, 2.75) is 18.8 Å². The first-order valence-corrected chi connectivity index (χ1v) is 5.84. The Kier molecular flexibility index (Phi) is 2.59. The summed E-state index contributed by atoms with van der Waals surface area (Å²) in [4.78, 5) is 8.30. The zero-order valence-corrected chi connectivity index (χ0v) is 9.98. The Bertz CT molecular complexity index is 545. The van der Waals surface area contributed by atoms with Gasteiger partial charge in [-0.25, -0.2) is 9.37 Å². The molecule has 0 amide bonds. The SMILES string of the molecule is CC1(c2nc(-c3ccc(F)cn3)no2)CCNC1. The predicted octanol–water partition coefficient (Wildman–Crippen LogP) is 1.52. The van der Waals surface area contributed by atoms with Gasteiger partial charge in [-0.2, -0.15) is 4.98 Å². The Morgan fingerprint density at radius 3 is 3.00 bits per heavy atom. The maximum atomic E-state index is 12.8. The molecule has 3 heterocycles. The molecule has 1 fully saturated rings. The molecule has 0 saturated carbocycles. The van der Waals surface area contributed by atoms with Crippen LogP contribution in [0.5, 0.6) is 0 Å². The van der Waals surface area contributed by atoms with Gasteiger partial charge in [0.25, 0.3) is 0 Å². The first-order chi connectivity index (χ1) is 8.67. The molecule has 6 heteroatoms. The van der Waals surface area contributed by atoms with Crippen LogP contribution in [-0.4, -0.2) is 28.2 Å². The fraction of sp³-hybridized carbons (Fsp3) is 0.417. The first-order valence-electron chi connectivity index (χ1n) is 5.84. The van der Waals surface area contributed by atoms with Crippen molar-refractivity contribution in [1.29, 1.82) is 0 Å². The van der Waals surface area contributed by atoms with Crippen molar-refractivity contribution in [1.82, 2.24) is 20.4 Å². The molecule has 1 unspecified atom stereocenters. The largest absolute Gasteiger partial charge is 0.338 e. The van der Waals surface area contributed by atoms with Crippen LogP contribution >= 0.6 is 0 Å². The van der Waals surface area contributed by atoms with Crippen LogP contribution in [0.15, 0.2) is 22.9 Å². The molecule has 1 atom stereocenters. The van der Waals surface area contributed by atoms with Crippen molar-refractivity contribution in [3.63, 3.8) is 0 Å². The third-order valence-corrected chi connectivity index (χ3v) is 3.27. The van der Waals surface area contributed by atoms with Gasteiger partial charge in [0.1, 0.15) is 11.5 Å². The van der Waals surface area contributed by atoms with Crippen molar-refractivity contribution in [2.24, 2.45) is 0 Å². The van der Waals surface area contributed by atoms with Gasteiger partial charge in [-0.1, -0.05) is 5.16 Å². The molecule has 1 saturated heterocycles. The van der Waals surface area contributed by atoms with Crippen LogP contribution in [0, 0.1) is 5.82 Å². The molecule has 0 radical (unpaired) electrons. The average molecular weight is 248 g/mol. The third kappa shape index (κ3) is 1.88. The number of aromatic nitrogens is 3. The van der Waals surface area contributed by atoms with E-state index >= 15 is 0 Å². The summed E-state index contributed by atoms with van der Waals surface area (Å²) in [5.41, 5.74) is 0.395. The molecule has 2 aromatic rings. The van der Waals surface area contributed by atoms with Crippen molar-refractivity contribution < 1.29 is 8.91 Å². The lowest BCUT2D eigenvalue weighted by Gasteiger charge is -2.15. The number of nitrogens with zero attached hydrogens (tertiary/aromatic N) is 3. The van der Waals surface area contributed by atoms with Gasteiger partial charge in [0, 0.05) is 6.54 Å². The first kappa shape index (κ1) is 11.3. The second kappa shape index (κ2) is 4.13. The molecule has 94 valence electrons. The maximum Gasteiger partial charge on any atom is 0.234 e. The summed E-state index contributed by atoms with van der Waals surface area (Å²) in [6.45, 7) is 3.86. The van der Waals surface area contributed by atoms with Crippen LogP contribution in [-0.2, 0) is 5.41 Å². The Hall–Kier alpha value is -1.82. The van der Waals surface area contributed by atoms with Crippen molar-refractivity contribution in [2.75, 3.05) is 13.1 Å². The minimum Gasteiger partial charge on any atom is -0.338 e. The molecule has 2 aromatic heterocycles. The topological polar surface area (TPSA) is 63.8 Å². The van der Waals surface area contributed by atoms with E-state index in [1.165, 1.54) is 6.07 Å². The second-order valence-corrected chi connectivity index (χ2v) is 4.77. The maximum absolute atomic E-state index is 12.8. The number of nitrogens with one attached hydrogen (secondary N) is 1. The molecular formula is C12H13FN4O. The molecule has 0 aromatic carbocycles. The summed E-state index contributed by atoms with van der Waals surface area (Å²) in [6, 6.07) is 2.87. The predicted molar refractivity (Wildman–Crippen MR) is 62.3 cm³/mol. The zero-order chi connectivity index (χ0) is 12.6. The molecular weight excluding hydrogens is 235 g/mol. The van der Waals surface area contributed by atoms with Gasteiger partial charge >= 0.3 is 0 Å². The van der Waals surface area contributed by atoms with E-state index in [1.54, 1.807) is 6.07 Å². The van der Waals surface area contributed by atoms with Gasteiger partial charge in [-0.3, -0.25) is 0 Å². The average Bonchev–Trinajstić information content (AvgIpc) is 2.99. The fourth-order valence-electron chi connectivity index (χ4n) is 2.08. The number of halogens is 1. The minimum atomic E-state index is -0.380. The number of hydrogen-bond acceptors (Lipinski definition) is 5. The Balaban J connectivity index is 1.91. The number of pyridine rings is 1. The Labute approximate surface area is 103 Å². The summed E-state index contributed by atoms with van der Waals surface area (Å²) in [7, 11) is 0. The van der Waals surface area contributed by atoms with Gasteiger partial charge in [0.05, 0.1) is 11.6 Å². The lowest BCUT2D eigenvalue weighted by molar-refractivity contribution is 0.306. The number of rotatable bonds is 2. The van der Waals surface area contributed by atoms with E-state index < -0.39 is 0 Å². The normalized spacial score (nSPS) is 23.4. The third-order valence-electron chi connectivity index (χ3n) is 3.27. The van der Waals surface area contributed by atoms with Gasteiger partial charge < -0.3 is 9.84 Å². The van der Waals surface area contributed by atoms with Crippen molar-refractivity contribution >= 4 is 0 Å². The van der Waals surface area contributed by atoms with E-state index in [2.05, 4.69) is 27.4 Å². The van der Waals surface area contributed by atoms with Crippen LogP contribution in [0.1, 0.15) is 19.2 Å².